The Kier molecular flexibility index (Phi) is 7.48. The fourth-order valence-electron chi connectivity index (χ4n) is 3.17. The number of nitrogens with zero attached hydrogens (tertiary/aromatic N) is 1. The van der Waals surface area contributed by atoms with Crippen LogP contribution in [-0.2, 0) is 9.53 Å². The van der Waals surface area contributed by atoms with Crippen LogP contribution in [0.3, 0.4) is 0 Å². The molecule has 1 atom stereocenters. The maximum Gasteiger partial charge on any atom is 0.244 e. The topological polar surface area (TPSA) is 50.8 Å². The molecule has 1 heterocycles. The van der Waals surface area contributed by atoms with Gasteiger partial charge in [-0.15, -0.1) is 0 Å². The predicted octanol–water partition coefficient (Wildman–Crippen LogP) is 3.55. The molecule has 0 spiro atoms. The highest BCUT2D eigenvalue weighted by atomic mass is 35.5. The van der Waals surface area contributed by atoms with Crippen LogP contribution in [0.5, 0.6) is 5.75 Å². The molecule has 0 bridgehead atoms. The summed E-state index contributed by atoms with van der Waals surface area (Å²) < 4.78 is 10.7. The first-order valence-electron chi connectivity index (χ1n) is 9.33. The Balaban J connectivity index is 1.64. The van der Waals surface area contributed by atoms with Crippen LogP contribution >= 0.6 is 11.6 Å². The summed E-state index contributed by atoms with van der Waals surface area (Å²) in [7, 11) is 1.65. The van der Waals surface area contributed by atoms with E-state index in [1.165, 1.54) is 0 Å². The highest BCUT2D eigenvalue weighted by Gasteiger charge is 2.23. The number of amides is 1. The number of rotatable bonds is 7. The number of methoxy groups -OCH3 is 1. The summed E-state index contributed by atoms with van der Waals surface area (Å²) in [6.45, 7) is 3.62. The average Bonchev–Trinajstić information content (AvgIpc) is 2.74. The van der Waals surface area contributed by atoms with E-state index in [-0.39, 0.29) is 11.9 Å². The number of carbonyl (C=O) groups is 1. The number of carbonyl (C=O) groups excluding carboxylic acids is 1. The van der Waals surface area contributed by atoms with Gasteiger partial charge in [0.25, 0.3) is 0 Å². The van der Waals surface area contributed by atoms with Crippen molar-refractivity contribution in [3.8, 4) is 5.75 Å². The standard InChI is InChI=1S/C22H25ClN2O3/c1-27-20-9-5-18(6-10-20)21(25-12-14-28-15-13-25)16-24-22(26)11-4-17-2-7-19(23)8-3-17/h2-11,21H,12-16H2,1H3,(H,24,26)/b11-4+. The molecule has 5 nitrogen and oxygen atoms in total. The van der Waals surface area contributed by atoms with Gasteiger partial charge in [0.05, 0.1) is 26.4 Å². The number of ether oxygens (including phenoxy) is 2. The van der Waals surface area contributed by atoms with Crippen LogP contribution in [0.4, 0.5) is 0 Å². The summed E-state index contributed by atoms with van der Waals surface area (Å²) in [5.41, 5.74) is 2.07. The third kappa shape index (κ3) is 5.83. The fourth-order valence-corrected chi connectivity index (χ4v) is 3.30. The van der Waals surface area contributed by atoms with Crippen molar-refractivity contribution in [1.82, 2.24) is 10.2 Å². The lowest BCUT2D eigenvalue weighted by atomic mass is 10.0. The zero-order valence-corrected chi connectivity index (χ0v) is 16.7. The van der Waals surface area contributed by atoms with E-state index < -0.39 is 0 Å². The highest BCUT2D eigenvalue weighted by Crippen LogP contribution is 2.23. The van der Waals surface area contributed by atoms with Crippen LogP contribution < -0.4 is 10.1 Å². The summed E-state index contributed by atoms with van der Waals surface area (Å²) in [6.07, 6.45) is 3.33. The van der Waals surface area contributed by atoms with Gasteiger partial charge in [0.1, 0.15) is 5.75 Å². The molecule has 1 amide bonds. The fraction of sp³-hybridized carbons (Fsp3) is 0.318. The van der Waals surface area contributed by atoms with Gasteiger partial charge in [-0.3, -0.25) is 9.69 Å². The summed E-state index contributed by atoms with van der Waals surface area (Å²) >= 11 is 5.89. The van der Waals surface area contributed by atoms with Crippen molar-refractivity contribution in [1.29, 1.82) is 0 Å². The maximum absolute atomic E-state index is 12.3. The molecule has 0 aliphatic carbocycles. The Morgan fingerprint density at radius 1 is 1.18 bits per heavy atom. The summed E-state index contributed by atoms with van der Waals surface area (Å²) in [6, 6.07) is 15.4. The minimum Gasteiger partial charge on any atom is -0.497 e. The van der Waals surface area contributed by atoms with Crippen LogP contribution in [0.2, 0.25) is 5.02 Å². The second kappa shape index (κ2) is 10.3. The van der Waals surface area contributed by atoms with E-state index in [1.54, 1.807) is 31.4 Å². The maximum atomic E-state index is 12.3. The molecular weight excluding hydrogens is 376 g/mol. The first kappa shape index (κ1) is 20.4. The molecule has 3 rings (SSSR count). The Morgan fingerprint density at radius 2 is 1.86 bits per heavy atom. The van der Waals surface area contributed by atoms with Crippen LogP contribution in [0.1, 0.15) is 17.2 Å². The van der Waals surface area contributed by atoms with E-state index in [2.05, 4.69) is 22.3 Å². The van der Waals surface area contributed by atoms with Gasteiger partial charge in [-0.2, -0.15) is 0 Å². The van der Waals surface area contributed by atoms with Crippen molar-refractivity contribution in [2.75, 3.05) is 40.0 Å². The number of hydrogen-bond acceptors (Lipinski definition) is 4. The van der Waals surface area contributed by atoms with Crippen LogP contribution in [0.25, 0.3) is 6.08 Å². The van der Waals surface area contributed by atoms with Crippen LogP contribution in [0.15, 0.2) is 54.6 Å². The normalized spacial score (nSPS) is 16.1. The van der Waals surface area contributed by atoms with E-state index in [0.717, 1.165) is 30.0 Å². The summed E-state index contributed by atoms with van der Waals surface area (Å²) in [4.78, 5) is 14.7. The first-order chi connectivity index (χ1) is 13.7. The second-order valence-electron chi connectivity index (χ2n) is 6.57. The molecule has 2 aromatic rings. The number of benzene rings is 2. The van der Waals surface area contributed by atoms with E-state index in [9.17, 15) is 4.79 Å². The van der Waals surface area contributed by atoms with Gasteiger partial charge in [-0.25, -0.2) is 0 Å². The molecule has 1 unspecified atom stereocenters. The Labute approximate surface area is 170 Å². The predicted molar refractivity (Wildman–Crippen MR) is 112 cm³/mol. The molecule has 148 valence electrons. The smallest absolute Gasteiger partial charge is 0.244 e. The van der Waals surface area contributed by atoms with E-state index >= 15 is 0 Å². The number of nitrogens with one attached hydrogen (secondary N) is 1. The lowest BCUT2D eigenvalue weighted by Gasteiger charge is -2.34. The number of halogens is 1. The zero-order valence-electron chi connectivity index (χ0n) is 15.9. The largest absolute Gasteiger partial charge is 0.497 e. The van der Waals surface area contributed by atoms with E-state index in [1.807, 2.05) is 24.3 Å². The molecule has 2 aromatic carbocycles. The number of morpholine rings is 1. The second-order valence-corrected chi connectivity index (χ2v) is 7.00. The highest BCUT2D eigenvalue weighted by molar-refractivity contribution is 6.30. The lowest BCUT2D eigenvalue weighted by molar-refractivity contribution is -0.116. The van der Waals surface area contributed by atoms with Gasteiger partial charge in [0, 0.05) is 30.7 Å². The van der Waals surface area contributed by atoms with Gasteiger partial charge in [-0.1, -0.05) is 35.9 Å². The summed E-state index contributed by atoms with van der Waals surface area (Å²) in [5.74, 6) is 0.695. The molecule has 1 aliphatic heterocycles. The average molecular weight is 401 g/mol. The Hall–Kier alpha value is -2.34. The third-order valence-electron chi connectivity index (χ3n) is 4.75. The van der Waals surface area contributed by atoms with Gasteiger partial charge in [-0.05, 0) is 41.5 Å². The molecule has 1 N–H and O–H groups in total. The van der Waals surface area contributed by atoms with E-state index in [4.69, 9.17) is 21.1 Å². The Bertz CT molecular complexity index is 784. The van der Waals surface area contributed by atoms with Crippen molar-refractivity contribution in [2.24, 2.45) is 0 Å². The number of hydrogen-bond donors (Lipinski definition) is 1. The summed E-state index contributed by atoms with van der Waals surface area (Å²) in [5, 5.41) is 3.70. The molecule has 1 aliphatic rings. The van der Waals surface area contributed by atoms with Crippen LogP contribution in [-0.4, -0.2) is 50.8 Å². The van der Waals surface area contributed by atoms with Gasteiger partial charge in [0.15, 0.2) is 0 Å². The van der Waals surface area contributed by atoms with Gasteiger partial charge >= 0.3 is 0 Å². The monoisotopic (exact) mass is 400 g/mol. The van der Waals surface area contributed by atoms with Crippen molar-refractivity contribution < 1.29 is 14.3 Å². The first-order valence-corrected chi connectivity index (χ1v) is 9.71. The molecule has 1 saturated heterocycles. The molecule has 28 heavy (non-hydrogen) atoms. The van der Waals surface area contributed by atoms with Crippen molar-refractivity contribution in [3.05, 3.63) is 70.8 Å². The molecule has 6 heteroatoms. The SMILES string of the molecule is COc1ccc(C(CNC(=O)/C=C/c2ccc(Cl)cc2)N2CCOCC2)cc1. The lowest BCUT2D eigenvalue weighted by Crippen LogP contribution is -2.43. The Morgan fingerprint density at radius 3 is 2.50 bits per heavy atom. The molecule has 1 fully saturated rings. The van der Waals surface area contributed by atoms with E-state index in [0.29, 0.717) is 24.8 Å². The van der Waals surface area contributed by atoms with Crippen molar-refractivity contribution in [3.63, 3.8) is 0 Å². The van der Waals surface area contributed by atoms with Crippen molar-refractivity contribution >= 4 is 23.6 Å². The van der Waals surface area contributed by atoms with Crippen LogP contribution in [0, 0.1) is 0 Å². The molecule has 0 aromatic heterocycles. The van der Waals surface area contributed by atoms with Gasteiger partial charge in [0.2, 0.25) is 5.91 Å². The third-order valence-corrected chi connectivity index (χ3v) is 5.01. The molecule has 0 radical (unpaired) electrons. The minimum atomic E-state index is -0.123. The molecular formula is C22H25ClN2O3. The molecule has 0 saturated carbocycles. The minimum absolute atomic E-state index is 0.0858. The zero-order chi connectivity index (χ0) is 19.8. The van der Waals surface area contributed by atoms with Crippen molar-refractivity contribution in [2.45, 2.75) is 6.04 Å². The quantitative estimate of drug-likeness (QED) is 0.722. The van der Waals surface area contributed by atoms with Gasteiger partial charge < -0.3 is 14.8 Å².